The molecular weight excluding hydrogens is 477 g/mol. The van der Waals surface area contributed by atoms with Crippen molar-refractivity contribution in [2.24, 2.45) is 11.8 Å². The monoisotopic (exact) mass is 513 g/mol. The zero-order valence-corrected chi connectivity index (χ0v) is 19.9. The predicted molar refractivity (Wildman–Crippen MR) is 139 cm³/mol. The van der Waals surface area contributed by atoms with Crippen molar-refractivity contribution in [2.45, 2.75) is 25.3 Å². The Morgan fingerprint density at radius 1 is 1.27 bits per heavy atom. The van der Waals surface area contributed by atoms with Crippen molar-refractivity contribution in [1.82, 2.24) is 15.0 Å². The molecule has 3 heterocycles. The zero-order chi connectivity index (χ0) is 30.9. The van der Waals surface area contributed by atoms with Gasteiger partial charge in [0.1, 0.15) is 11.3 Å². The van der Waals surface area contributed by atoms with E-state index in [1.165, 1.54) is 18.3 Å². The third kappa shape index (κ3) is 5.48. The molecule has 0 amide bonds. The maximum absolute atomic E-state index is 15.7. The van der Waals surface area contributed by atoms with Gasteiger partial charge in [0.25, 0.3) is 0 Å². The summed E-state index contributed by atoms with van der Waals surface area (Å²) in [7, 11) is -5.90. The van der Waals surface area contributed by atoms with Gasteiger partial charge in [-0.2, -0.15) is 0 Å². The van der Waals surface area contributed by atoms with Crippen LogP contribution in [-0.2, 0) is 9.53 Å². The number of nitrogens with zero attached hydrogens (tertiary/aromatic N) is 3. The number of anilines is 2. The minimum atomic E-state index is -3.01. The number of nitrogens with one attached hydrogen (secondary N) is 2. The molecule has 1 aliphatic heterocycles. The smallest absolute Gasteiger partial charge is 0.223 e. The summed E-state index contributed by atoms with van der Waals surface area (Å²) in [6.07, 6.45) is 5.19. The van der Waals surface area contributed by atoms with Crippen LogP contribution in [0.15, 0.2) is 37.1 Å². The largest absolute Gasteiger partial charge is 0.497 e. The minimum absolute atomic E-state index is 0.0474. The Morgan fingerprint density at radius 3 is 2.92 bits per heavy atom. The summed E-state index contributed by atoms with van der Waals surface area (Å²) < 4.78 is 75.6. The van der Waals surface area contributed by atoms with Crippen LogP contribution in [0.4, 0.5) is 16.2 Å². The van der Waals surface area contributed by atoms with E-state index in [1.807, 2.05) is 0 Å². The predicted octanol–water partition coefficient (Wildman–Crippen LogP) is 4.24. The second-order valence-electron chi connectivity index (χ2n) is 9.22. The van der Waals surface area contributed by atoms with E-state index in [-0.39, 0.29) is 47.1 Å². The molecule has 2 atom stereocenters. The Hall–Kier alpha value is -3.79. The molecule has 1 aliphatic carbocycles. The Labute approximate surface area is 222 Å². The molecular formula is C27H30FN5O4. The molecule has 1 saturated heterocycles. The number of rotatable bonds is 11. The van der Waals surface area contributed by atoms with Crippen LogP contribution in [-0.4, -0.2) is 60.6 Å². The summed E-state index contributed by atoms with van der Waals surface area (Å²) >= 11 is 0. The Bertz CT molecular complexity index is 1530. The average molecular weight is 514 g/mol. The van der Waals surface area contributed by atoms with Gasteiger partial charge in [0.2, 0.25) is 5.95 Å². The number of aromatic nitrogens is 3. The van der Waals surface area contributed by atoms with Crippen LogP contribution in [0.3, 0.4) is 0 Å². The van der Waals surface area contributed by atoms with Crippen LogP contribution < -0.4 is 20.1 Å². The van der Waals surface area contributed by atoms with Crippen LogP contribution in [0, 0.1) is 17.7 Å². The first-order valence-electron chi connectivity index (χ1n) is 14.9. The number of fused-ring (bicyclic) bond motifs is 1. The fourth-order valence-electron chi connectivity index (χ4n) is 4.29. The zero-order valence-electron chi connectivity index (χ0n) is 25.9. The van der Waals surface area contributed by atoms with Crippen LogP contribution in [0.1, 0.15) is 27.5 Å². The number of carbonyl (C=O) groups is 1. The molecule has 2 aliphatic rings. The minimum Gasteiger partial charge on any atom is -0.497 e. The highest BCUT2D eigenvalue weighted by Gasteiger charge is 2.30. The summed E-state index contributed by atoms with van der Waals surface area (Å²) in [5.41, 5.74) is 0.248. The van der Waals surface area contributed by atoms with Gasteiger partial charge in [-0.05, 0) is 37.0 Å². The molecule has 0 unspecified atom stereocenters. The van der Waals surface area contributed by atoms with E-state index in [9.17, 15) is 4.79 Å². The van der Waals surface area contributed by atoms with Gasteiger partial charge >= 0.3 is 0 Å². The molecule has 2 N–H and O–H groups in total. The van der Waals surface area contributed by atoms with Crippen LogP contribution in [0.2, 0.25) is 0 Å². The lowest BCUT2D eigenvalue weighted by Crippen LogP contribution is -2.30. The van der Waals surface area contributed by atoms with Crippen LogP contribution in [0.25, 0.3) is 22.2 Å². The van der Waals surface area contributed by atoms with Crippen molar-refractivity contribution in [3.05, 3.63) is 42.9 Å². The molecule has 37 heavy (non-hydrogen) atoms. The number of hydrogen-bond acceptors (Lipinski definition) is 9. The SMILES string of the molecule is [2H]C([2H])([2H])Oc1cc(OC([2H])([2H])[2H])c(F)c(-c2cc3cnc(N[C@@H]4COC[C@@H]4CC(=O)C=C)nc3c(NCC3CC3)n2)c1. The average Bonchev–Trinajstić information content (AvgIpc) is 3.66. The summed E-state index contributed by atoms with van der Waals surface area (Å²) in [6.45, 7) is 4.90. The lowest BCUT2D eigenvalue weighted by atomic mass is 9.97. The van der Waals surface area contributed by atoms with Gasteiger partial charge < -0.3 is 24.8 Å². The number of halogens is 1. The fourth-order valence-corrected chi connectivity index (χ4v) is 4.29. The van der Waals surface area contributed by atoms with Gasteiger partial charge in [0, 0.05) is 42.1 Å². The molecule has 0 bridgehead atoms. The summed E-state index contributed by atoms with van der Waals surface area (Å²) in [5.74, 6) is -1.22. The number of carbonyl (C=O) groups excluding carboxylic acids is 1. The maximum Gasteiger partial charge on any atom is 0.223 e. The highest BCUT2D eigenvalue weighted by molar-refractivity contribution is 5.92. The lowest BCUT2D eigenvalue weighted by molar-refractivity contribution is -0.115. The normalized spacial score (nSPS) is 22.1. The van der Waals surface area contributed by atoms with E-state index in [1.54, 1.807) is 0 Å². The number of pyridine rings is 1. The van der Waals surface area contributed by atoms with Crippen LogP contribution in [0.5, 0.6) is 11.5 Å². The van der Waals surface area contributed by atoms with E-state index in [0.29, 0.717) is 42.4 Å². The summed E-state index contributed by atoms with van der Waals surface area (Å²) in [6, 6.07) is 3.29. The quantitative estimate of drug-likeness (QED) is 0.364. The van der Waals surface area contributed by atoms with E-state index in [4.69, 9.17) is 22.4 Å². The number of ketones is 1. The van der Waals surface area contributed by atoms with Gasteiger partial charge in [0.15, 0.2) is 23.2 Å². The molecule has 9 nitrogen and oxygen atoms in total. The molecule has 0 radical (unpaired) electrons. The first-order valence-corrected chi connectivity index (χ1v) is 11.9. The first-order chi connectivity index (χ1) is 20.3. The van der Waals surface area contributed by atoms with Crippen LogP contribution >= 0.6 is 0 Å². The topological polar surface area (TPSA) is 107 Å². The molecule has 5 rings (SSSR count). The Balaban J connectivity index is 1.54. The van der Waals surface area contributed by atoms with Crippen molar-refractivity contribution in [2.75, 3.05) is 44.5 Å². The second kappa shape index (κ2) is 10.7. The third-order valence-electron chi connectivity index (χ3n) is 6.54. The third-order valence-corrected chi connectivity index (χ3v) is 6.54. The fraction of sp³-hybridized carbons (Fsp3) is 0.407. The van der Waals surface area contributed by atoms with Crippen molar-refractivity contribution in [1.29, 1.82) is 0 Å². The van der Waals surface area contributed by atoms with E-state index in [0.717, 1.165) is 25.0 Å². The van der Waals surface area contributed by atoms with E-state index in [2.05, 4.69) is 32.2 Å². The van der Waals surface area contributed by atoms with Crippen molar-refractivity contribution >= 4 is 28.5 Å². The van der Waals surface area contributed by atoms with Gasteiger partial charge in [0.05, 0.1) is 47.2 Å². The second-order valence-corrected chi connectivity index (χ2v) is 9.22. The molecule has 3 aromatic rings. The Morgan fingerprint density at radius 2 is 2.14 bits per heavy atom. The maximum atomic E-state index is 15.7. The van der Waals surface area contributed by atoms with E-state index < -0.39 is 25.6 Å². The van der Waals surface area contributed by atoms with Crippen molar-refractivity contribution < 1.29 is 31.6 Å². The molecule has 1 aromatic carbocycles. The summed E-state index contributed by atoms with van der Waals surface area (Å²) in [5, 5.41) is 7.00. The standard InChI is InChI=1S/C27H30FN5O4/c1-4-18(34)7-17-13-37-14-22(17)32-27-30-12-16-8-21(20-9-19(35-2)10-23(36-3)24(20)28)31-26(25(16)33-27)29-11-15-5-6-15/h4,8-10,12,15,17,22H,1,5-7,11,13-14H2,2-3H3,(H,29,31)(H,30,32,33)/t17-,22+/m0/s1/i2D3,3D3. The molecule has 2 fully saturated rings. The Kier molecular flexibility index (Phi) is 5.32. The van der Waals surface area contributed by atoms with Gasteiger partial charge in [-0.3, -0.25) is 4.79 Å². The number of methoxy groups -OCH3 is 2. The number of hydrogen-bond donors (Lipinski definition) is 2. The van der Waals surface area contributed by atoms with E-state index >= 15 is 4.39 Å². The summed E-state index contributed by atoms with van der Waals surface area (Å²) in [4.78, 5) is 25.6. The first kappa shape index (κ1) is 18.5. The molecule has 2 aromatic heterocycles. The molecule has 10 heteroatoms. The van der Waals surface area contributed by atoms with Crippen molar-refractivity contribution in [3.8, 4) is 22.8 Å². The number of allylic oxidation sites excluding steroid dienone is 1. The molecule has 0 spiro atoms. The highest BCUT2D eigenvalue weighted by Crippen LogP contribution is 2.36. The van der Waals surface area contributed by atoms with Crippen molar-refractivity contribution in [3.63, 3.8) is 0 Å². The van der Waals surface area contributed by atoms with Gasteiger partial charge in [-0.25, -0.2) is 19.3 Å². The van der Waals surface area contributed by atoms with Gasteiger partial charge in [-0.15, -0.1) is 0 Å². The molecule has 1 saturated carbocycles. The number of benzene rings is 1. The van der Waals surface area contributed by atoms with Gasteiger partial charge in [-0.1, -0.05) is 6.58 Å². The number of ether oxygens (including phenoxy) is 3. The lowest BCUT2D eigenvalue weighted by Gasteiger charge is -2.18. The highest BCUT2D eigenvalue weighted by atomic mass is 19.1. The molecule has 194 valence electrons.